The first-order chi connectivity index (χ1) is 8.58. The van der Waals surface area contributed by atoms with Gasteiger partial charge in [0.1, 0.15) is 0 Å². The zero-order chi connectivity index (χ0) is 13.5. The number of carboxylic acid groups (broad SMARTS) is 1. The molecule has 0 aliphatic heterocycles. The first-order valence-electron chi connectivity index (χ1n) is 6.29. The van der Waals surface area contributed by atoms with Gasteiger partial charge in [-0.3, -0.25) is 9.69 Å². The van der Waals surface area contributed by atoms with Crippen LogP contribution in [0.3, 0.4) is 0 Å². The summed E-state index contributed by atoms with van der Waals surface area (Å²) in [7, 11) is 0. The van der Waals surface area contributed by atoms with Crippen LogP contribution in [0.2, 0.25) is 5.02 Å². The Hall–Kier alpha value is -1.06. The summed E-state index contributed by atoms with van der Waals surface area (Å²) in [6.07, 6.45) is 1.13. The number of hydrogen-bond acceptors (Lipinski definition) is 2. The first-order valence-corrected chi connectivity index (χ1v) is 6.67. The van der Waals surface area contributed by atoms with Crippen LogP contribution in [0.1, 0.15) is 38.3 Å². The number of halogens is 1. The minimum absolute atomic E-state index is 0.179. The quantitative estimate of drug-likeness (QED) is 0.822. The predicted octanol–water partition coefficient (Wildman–Crippen LogP) is 3.59. The fourth-order valence-electron chi connectivity index (χ4n) is 2.16. The molecule has 0 fully saturated rings. The fourth-order valence-corrected chi connectivity index (χ4v) is 2.29. The molecule has 1 N–H and O–H groups in total. The highest BCUT2D eigenvalue weighted by atomic mass is 35.5. The van der Waals surface area contributed by atoms with Crippen LogP contribution in [0.15, 0.2) is 24.3 Å². The minimum Gasteiger partial charge on any atom is -0.481 e. The van der Waals surface area contributed by atoms with E-state index in [4.69, 9.17) is 16.7 Å². The molecular weight excluding hydrogens is 250 g/mol. The van der Waals surface area contributed by atoms with E-state index in [9.17, 15) is 4.79 Å². The van der Waals surface area contributed by atoms with Gasteiger partial charge in [0.2, 0.25) is 0 Å². The zero-order valence-corrected chi connectivity index (χ0v) is 11.7. The van der Waals surface area contributed by atoms with Gasteiger partial charge in [-0.05, 0) is 30.7 Å². The zero-order valence-electron chi connectivity index (χ0n) is 10.9. The van der Waals surface area contributed by atoms with E-state index in [0.29, 0.717) is 6.54 Å². The van der Waals surface area contributed by atoms with Crippen molar-refractivity contribution in [2.75, 3.05) is 13.1 Å². The Morgan fingerprint density at radius 3 is 2.39 bits per heavy atom. The Labute approximate surface area is 113 Å². The van der Waals surface area contributed by atoms with Gasteiger partial charge in [0.05, 0.1) is 6.42 Å². The average Bonchev–Trinajstić information content (AvgIpc) is 2.35. The minimum atomic E-state index is -0.751. The number of hydrogen-bond donors (Lipinski definition) is 1. The third kappa shape index (κ3) is 4.31. The summed E-state index contributed by atoms with van der Waals surface area (Å²) < 4.78 is 0. The lowest BCUT2D eigenvalue weighted by Crippen LogP contribution is -2.30. The van der Waals surface area contributed by atoms with Gasteiger partial charge in [-0.2, -0.15) is 0 Å². The highest BCUT2D eigenvalue weighted by molar-refractivity contribution is 6.30. The third-order valence-corrected chi connectivity index (χ3v) is 3.35. The molecule has 0 saturated carbocycles. The van der Waals surface area contributed by atoms with Crippen LogP contribution in [0.5, 0.6) is 0 Å². The van der Waals surface area contributed by atoms with Crippen molar-refractivity contribution in [3.05, 3.63) is 34.9 Å². The lowest BCUT2D eigenvalue weighted by atomic mass is 10.0. The van der Waals surface area contributed by atoms with Crippen LogP contribution in [0.25, 0.3) is 0 Å². The maximum atomic E-state index is 10.7. The Morgan fingerprint density at radius 1 is 1.33 bits per heavy atom. The van der Waals surface area contributed by atoms with Crippen molar-refractivity contribution in [3.8, 4) is 0 Å². The monoisotopic (exact) mass is 269 g/mol. The summed E-state index contributed by atoms with van der Waals surface area (Å²) in [6.45, 7) is 5.59. The SMILES string of the molecule is CCC(c1ccc(Cl)cc1)N(CC)CCC(=O)O. The van der Waals surface area contributed by atoms with E-state index in [-0.39, 0.29) is 12.5 Å². The molecule has 4 heteroatoms. The van der Waals surface area contributed by atoms with Crippen LogP contribution in [-0.4, -0.2) is 29.1 Å². The standard InChI is InChI=1S/C14H20ClNO2/c1-3-13(11-5-7-12(15)8-6-11)16(4-2)10-9-14(17)18/h5-8,13H,3-4,9-10H2,1-2H3,(H,17,18). The molecule has 100 valence electrons. The molecule has 0 amide bonds. The number of carbonyl (C=O) groups is 1. The maximum Gasteiger partial charge on any atom is 0.304 e. The number of nitrogens with zero attached hydrogens (tertiary/aromatic N) is 1. The molecule has 0 aliphatic carbocycles. The van der Waals surface area contributed by atoms with E-state index < -0.39 is 5.97 Å². The van der Waals surface area contributed by atoms with E-state index >= 15 is 0 Å². The van der Waals surface area contributed by atoms with Crippen molar-refractivity contribution in [2.24, 2.45) is 0 Å². The Balaban J connectivity index is 2.78. The van der Waals surface area contributed by atoms with E-state index in [0.717, 1.165) is 18.0 Å². The Bertz CT molecular complexity index is 378. The molecule has 18 heavy (non-hydrogen) atoms. The van der Waals surface area contributed by atoms with Gasteiger partial charge in [-0.25, -0.2) is 0 Å². The highest BCUT2D eigenvalue weighted by Crippen LogP contribution is 2.25. The third-order valence-electron chi connectivity index (χ3n) is 3.10. The largest absolute Gasteiger partial charge is 0.481 e. The van der Waals surface area contributed by atoms with E-state index in [2.05, 4.69) is 18.7 Å². The second kappa shape index (κ2) is 7.39. The predicted molar refractivity (Wildman–Crippen MR) is 74.0 cm³/mol. The molecule has 1 atom stereocenters. The first kappa shape index (κ1) is 15.0. The van der Waals surface area contributed by atoms with E-state index in [1.807, 2.05) is 24.3 Å². The molecular formula is C14H20ClNO2. The summed E-state index contributed by atoms with van der Waals surface area (Å²) in [5.74, 6) is -0.751. The Morgan fingerprint density at radius 2 is 1.94 bits per heavy atom. The van der Waals surface area contributed by atoms with Gasteiger partial charge in [-0.15, -0.1) is 0 Å². The molecule has 3 nitrogen and oxygen atoms in total. The second-order valence-corrected chi connectivity index (χ2v) is 4.68. The van der Waals surface area contributed by atoms with Crippen LogP contribution in [0, 0.1) is 0 Å². The summed E-state index contributed by atoms with van der Waals surface area (Å²) in [4.78, 5) is 12.9. The lowest BCUT2D eigenvalue weighted by molar-refractivity contribution is -0.137. The number of carboxylic acids is 1. The van der Waals surface area contributed by atoms with E-state index in [1.54, 1.807) is 0 Å². The molecule has 1 unspecified atom stereocenters. The lowest BCUT2D eigenvalue weighted by Gasteiger charge is -2.30. The van der Waals surface area contributed by atoms with Gasteiger partial charge in [0.25, 0.3) is 0 Å². The number of benzene rings is 1. The van der Waals surface area contributed by atoms with Crippen molar-refractivity contribution < 1.29 is 9.90 Å². The van der Waals surface area contributed by atoms with Crippen molar-refractivity contribution in [1.29, 1.82) is 0 Å². The normalized spacial score (nSPS) is 12.7. The average molecular weight is 270 g/mol. The van der Waals surface area contributed by atoms with Gasteiger partial charge in [0, 0.05) is 17.6 Å². The van der Waals surface area contributed by atoms with Crippen LogP contribution in [0.4, 0.5) is 0 Å². The molecule has 0 spiro atoms. The molecule has 1 rings (SSSR count). The summed E-state index contributed by atoms with van der Waals surface area (Å²) in [5, 5.41) is 9.50. The van der Waals surface area contributed by atoms with Gasteiger partial charge in [-0.1, -0.05) is 37.6 Å². The molecule has 0 aliphatic rings. The highest BCUT2D eigenvalue weighted by Gasteiger charge is 2.17. The van der Waals surface area contributed by atoms with Crippen molar-refractivity contribution in [3.63, 3.8) is 0 Å². The number of aliphatic carboxylic acids is 1. The molecule has 0 bridgehead atoms. The van der Waals surface area contributed by atoms with Crippen LogP contribution in [-0.2, 0) is 4.79 Å². The van der Waals surface area contributed by atoms with Crippen LogP contribution >= 0.6 is 11.6 Å². The topological polar surface area (TPSA) is 40.5 Å². The molecule has 0 saturated heterocycles. The Kier molecular flexibility index (Phi) is 6.16. The summed E-state index contributed by atoms with van der Waals surface area (Å²) >= 11 is 5.88. The summed E-state index contributed by atoms with van der Waals surface area (Å²) in [6, 6.07) is 8.04. The van der Waals surface area contributed by atoms with Crippen molar-refractivity contribution >= 4 is 17.6 Å². The van der Waals surface area contributed by atoms with Gasteiger partial charge < -0.3 is 5.11 Å². The van der Waals surface area contributed by atoms with Crippen LogP contribution < -0.4 is 0 Å². The fraction of sp³-hybridized carbons (Fsp3) is 0.500. The second-order valence-electron chi connectivity index (χ2n) is 4.25. The van der Waals surface area contributed by atoms with E-state index in [1.165, 1.54) is 5.56 Å². The smallest absolute Gasteiger partial charge is 0.304 e. The molecule has 0 heterocycles. The van der Waals surface area contributed by atoms with Crippen molar-refractivity contribution in [2.45, 2.75) is 32.7 Å². The summed E-state index contributed by atoms with van der Waals surface area (Å²) in [5.41, 5.74) is 1.19. The number of rotatable bonds is 7. The van der Waals surface area contributed by atoms with Gasteiger partial charge >= 0.3 is 5.97 Å². The molecule has 0 aromatic heterocycles. The molecule has 1 aromatic carbocycles. The maximum absolute atomic E-state index is 10.7. The molecule has 0 radical (unpaired) electrons. The van der Waals surface area contributed by atoms with Crippen molar-refractivity contribution in [1.82, 2.24) is 4.90 Å². The molecule has 1 aromatic rings. The van der Waals surface area contributed by atoms with Gasteiger partial charge in [0.15, 0.2) is 0 Å².